The molecule has 0 spiro atoms. The van der Waals surface area contributed by atoms with Gasteiger partial charge in [0.15, 0.2) is 0 Å². The number of rotatable bonds is 11. The lowest BCUT2D eigenvalue weighted by atomic mass is 10.2. The molecule has 0 aliphatic rings. The Hall–Kier alpha value is -1.78. The molecule has 0 heterocycles. The molecule has 0 aromatic heterocycles. The molecule has 158 valence electrons. The van der Waals surface area contributed by atoms with Gasteiger partial charge in [0.1, 0.15) is 5.75 Å². The summed E-state index contributed by atoms with van der Waals surface area (Å²) in [5.74, 6) is 0.589. The minimum absolute atomic E-state index is 0.484. The first-order valence-electron chi connectivity index (χ1n) is 10.5. The largest absolute Gasteiger partial charge is 0.513 e. The minimum atomic E-state index is -3.03. The van der Waals surface area contributed by atoms with Crippen molar-refractivity contribution in [2.45, 2.75) is 39.0 Å². The molecule has 0 fully saturated rings. The van der Waals surface area contributed by atoms with Crippen LogP contribution in [-0.2, 0) is 4.43 Å². The number of halogens is 2. The van der Waals surface area contributed by atoms with Crippen LogP contribution in [0, 0.1) is 0 Å². The van der Waals surface area contributed by atoms with Crippen LogP contribution >= 0.6 is 23.2 Å². The van der Waals surface area contributed by atoms with Crippen molar-refractivity contribution in [2.24, 2.45) is 0 Å². The zero-order chi connectivity index (χ0) is 21.2. The molecule has 0 saturated heterocycles. The van der Waals surface area contributed by atoms with Crippen LogP contribution in [-0.4, -0.2) is 15.2 Å². The second-order valence-electron chi connectivity index (χ2n) is 7.29. The van der Waals surface area contributed by atoms with Crippen LogP contribution in [0.5, 0.6) is 5.75 Å². The van der Waals surface area contributed by atoms with Crippen LogP contribution in [0.1, 0.15) is 39.0 Å². The summed E-state index contributed by atoms with van der Waals surface area (Å²) in [7, 11) is -3.03. The lowest BCUT2D eigenvalue weighted by Crippen LogP contribution is -2.66. The van der Waals surface area contributed by atoms with Gasteiger partial charge in [-0.05, 0) is 24.6 Å². The fourth-order valence-electron chi connectivity index (χ4n) is 3.43. The van der Waals surface area contributed by atoms with E-state index < -0.39 is 8.56 Å². The van der Waals surface area contributed by atoms with E-state index in [1.165, 1.54) is 19.3 Å². The first-order valence-corrected chi connectivity index (χ1v) is 13.1. The molecule has 5 heteroatoms. The van der Waals surface area contributed by atoms with Crippen LogP contribution in [0.25, 0.3) is 0 Å². The Balaban J connectivity index is 1.98. The standard InChI is InChI=1S/C25H28Cl2O2Si/c1-2-3-4-5-12-19-28-30(22-13-8-6-9-14-22,23-15-10-7-11-16-23)29-25-18-17-21(26)20-24(25)27/h6-11,13-18,20H,2-5,12,19H2,1H3. The van der Waals surface area contributed by atoms with E-state index in [4.69, 9.17) is 32.1 Å². The first-order chi connectivity index (χ1) is 14.7. The van der Waals surface area contributed by atoms with Gasteiger partial charge in [-0.25, -0.2) is 0 Å². The molecule has 3 rings (SSSR count). The third-order valence-corrected chi connectivity index (χ3v) is 8.84. The summed E-state index contributed by atoms with van der Waals surface area (Å²) in [6.45, 7) is 2.87. The second-order valence-corrected chi connectivity index (χ2v) is 11.0. The molecule has 3 aromatic carbocycles. The van der Waals surface area contributed by atoms with E-state index in [1.54, 1.807) is 12.1 Å². The highest BCUT2D eigenvalue weighted by Crippen LogP contribution is 2.30. The molecule has 0 atom stereocenters. The van der Waals surface area contributed by atoms with Gasteiger partial charge in [-0.15, -0.1) is 0 Å². The van der Waals surface area contributed by atoms with Crippen molar-refractivity contribution in [2.75, 3.05) is 6.61 Å². The third-order valence-electron chi connectivity index (χ3n) is 5.01. The zero-order valence-electron chi connectivity index (χ0n) is 17.3. The highest BCUT2D eigenvalue weighted by molar-refractivity contribution is 6.93. The topological polar surface area (TPSA) is 18.5 Å². The van der Waals surface area contributed by atoms with Gasteiger partial charge in [0.05, 0.1) is 5.02 Å². The Morgan fingerprint density at radius 3 is 1.90 bits per heavy atom. The molecule has 0 unspecified atom stereocenters. The molecule has 0 N–H and O–H groups in total. The van der Waals surface area contributed by atoms with Crippen molar-refractivity contribution in [1.29, 1.82) is 0 Å². The summed E-state index contributed by atoms with van der Waals surface area (Å²) in [5, 5.41) is 3.17. The molecular weight excluding hydrogens is 431 g/mol. The highest BCUT2D eigenvalue weighted by atomic mass is 35.5. The Morgan fingerprint density at radius 1 is 0.733 bits per heavy atom. The fraction of sp³-hybridized carbons (Fsp3) is 0.280. The SMILES string of the molecule is CCCCCCCO[Si](Oc1ccc(Cl)cc1Cl)(c1ccccc1)c1ccccc1. The normalized spacial score (nSPS) is 11.4. The van der Waals surface area contributed by atoms with E-state index in [-0.39, 0.29) is 0 Å². The smallest absolute Gasteiger partial charge is 0.468 e. The second kappa shape index (κ2) is 11.6. The summed E-state index contributed by atoms with van der Waals surface area (Å²) >= 11 is 12.6. The van der Waals surface area contributed by atoms with Crippen LogP contribution in [0.15, 0.2) is 78.9 Å². The van der Waals surface area contributed by atoms with E-state index >= 15 is 0 Å². The summed E-state index contributed by atoms with van der Waals surface area (Å²) in [5.41, 5.74) is 0. The number of hydrogen-bond donors (Lipinski definition) is 0. The van der Waals surface area contributed by atoms with Gasteiger partial charge in [0.2, 0.25) is 0 Å². The molecule has 2 nitrogen and oxygen atoms in total. The number of hydrogen-bond acceptors (Lipinski definition) is 2. The Labute approximate surface area is 191 Å². The molecule has 0 saturated carbocycles. The van der Waals surface area contributed by atoms with Gasteiger partial charge in [-0.2, -0.15) is 0 Å². The predicted octanol–water partition coefficient (Wildman–Crippen LogP) is 6.62. The monoisotopic (exact) mass is 458 g/mol. The molecule has 0 aliphatic carbocycles. The van der Waals surface area contributed by atoms with Gasteiger partial charge in [0, 0.05) is 22.0 Å². The quantitative estimate of drug-likeness (QED) is 0.237. The molecule has 0 amide bonds. The van der Waals surface area contributed by atoms with E-state index in [1.807, 2.05) is 42.5 Å². The van der Waals surface area contributed by atoms with Crippen molar-refractivity contribution >= 4 is 42.1 Å². The van der Waals surface area contributed by atoms with E-state index in [9.17, 15) is 0 Å². The van der Waals surface area contributed by atoms with Crippen molar-refractivity contribution in [3.05, 3.63) is 88.9 Å². The van der Waals surface area contributed by atoms with Crippen LogP contribution in [0.2, 0.25) is 10.0 Å². The highest BCUT2D eigenvalue weighted by Gasteiger charge is 2.45. The van der Waals surface area contributed by atoms with Crippen molar-refractivity contribution in [3.8, 4) is 5.75 Å². The maximum Gasteiger partial charge on any atom is 0.468 e. The first kappa shape index (κ1) is 22.9. The van der Waals surface area contributed by atoms with Crippen LogP contribution in [0.3, 0.4) is 0 Å². The molecule has 0 bridgehead atoms. The average Bonchev–Trinajstić information content (AvgIpc) is 2.78. The minimum Gasteiger partial charge on any atom is -0.513 e. The van der Waals surface area contributed by atoms with Gasteiger partial charge >= 0.3 is 8.56 Å². The summed E-state index contributed by atoms with van der Waals surface area (Å²) < 4.78 is 13.4. The van der Waals surface area contributed by atoms with Crippen LogP contribution < -0.4 is 14.8 Å². The van der Waals surface area contributed by atoms with E-state index in [0.717, 1.165) is 23.2 Å². The van der Waals surface area contributed by atoms with Gasteiger partial charge in [0.25, 0.3) is 0 Å². The zero-order valence-corrected chi connectivity index (χ0v) is 19.8. The van der Waals surface area contributed by atoms with Gasteiger partial charge in [-0.1, -0.05) is 116 Å². The van der Waals surface area contributed by atoms with Crippen molar-refractivity contribution < 1.29 is 8.85 Å². The lowest BCUT2D eigenvalue weighted by Gasteiger charge is -2.32. The van der Waals surface area contributed by atoms with Gasteiger partial charge < -0.3 is 8.85 Å². The molecular formula is C25H28Cl2O2Si. The van der Waals surface area contributed by atoms with Crippen molar-refractivity contribution in [1.82, 2.24) is 0 Å². The van der Waals surface area contributed by atoms with E-state index in [2.05, 4.69) is 31.2 Å². The fourth-order valence-corrected chi connectivity index (χ4v) is 7.09. The lowest BCUT2D eigenvalue weighted by molar-refractivity contribution is 0.252. The predicted molar refractivity (Wildman–Crippen MR) is 130 cm³/mol. The third kappa shape index (κ3) is 5.89. The number of benzene rings is 3. The molecule has 0 radical (unpaired) electrons. The Morgan fingerprint density at radius 2 is 1.33 bits per heavy atom. The average molecular weight is 459 g/mol. The summed E-state index contributed by atoms with van der Waals surface area (Å²) in [4.78, 5) is 0. The molecule has 3 aromatic rings. The Bertz CT molecular complexity index is 864. The van der Waals surface area contributed by atoms with Crippen LogP contribution in [0.4, 0.5) is 0 Å². The van der Waals surface area contributed by atoms with Gasteiger partial charge in [-0.3, -0.25) is 0 Å². The molecule has 0 aliphatic heterocycles. The number of unbranched alkanes of at least 4 members (excludes halogenated alkanes) is 4. The summed E-state index contributed by atoms with van der Waals surface area (Å²) in [6, 6.07) is 25.8. The molecule has 30 heavy (non-hydrogen) atoms. The maximum atomic E-state index is 6.71. The Kier molecular flexibility index (Phi) is 8.83. The van der Waals surface area contributed by atoms with E-state index in [0.29, 0.717) is 22.4 Å². The summed E-state index contributed by atoms with van der Waals surface area (Å²) in [6.07, 6.45) is 5.88. The maximum absolute atomic E-state index is 6.71. The van der Waals surface area contributed by atoms with Crippen molar-refractivity contribution in [3.63, 3.8) is 0 Å².